The lowest BCUT2D eigenvalue weighted by Gasteiger charge is -2.32. The van der Waals surface area contributed by atoms with Crippen molar-refractivity contribution in [3.05, 3.63) is 93.3 Å². The number of unbranched alkanes of at least 4 members (excludes halogenated alkanes) is 2. The summed E-state index contributed by atoms with van der Waals surface area (Å²) in [6.07, 6.45) is 4.76. The summed E-state index contributed by atoms with van der Waals surface area (Å²) < 4.78 is 33.7. The number of nitrogens with zero attached hydrogens (tertiary/aromatic N) is 4. The Morgan fingerprint density at radius 3 is 2.42 bits per heavy atom. The SMILES string of the molecule is NN=C(C=NCCCCCC(=O)Nc1cccc(CS(=O)(=O)N2CCC(Nc3cccc(-c4sc(C(=O)O)c(OCC(=O)O)c4Cl)c3)CC2)c1)CNc1cccc2c1C(=O)N(C1CCC(=O)NC1=O)C2=O. The van der Waals surface area contributed by atoms with Gasteiger partial charge in [-0.2, -0.15) is 5.10 Å². The molecule has 3 aliphatic rings. The molecule has 374 valence electrons. The molecule has 5 amide bonds. The van der Waals surface area contributed by atoms with Gasteiger partial charge in [0.1, 0.15) is 11.1 Å². The number of amides is 5. The van der Waals surface area contributed by atoms with E-state index in [2.05, 4.69) is 31.4 Å². The highest BCUT2D eigenvalue weighted by atomic mass is 35.5. The van der Waals surface area contributed by atoms with Crippen molar-refractivity contribution in [2.24, 2.45) is 15.9 Å². The third-order valence-electron chi connectivity index (χ3n) is 11.8. The Morgan fingerprint density at radius 2 is 1.69 bits per heavy atom. The van der Waals surface area contributed by atoms with Crippen molar-refractivity contribution in [1.82, 2.24) is 14.5 Å². The molecule has 0 radical (unpaired) electrons. The van der Waals surface area contributed by atoms with Gasteiger partial charge in [-0.25, -0.2) is 22.3 Å². The Labute approximate surface area is 416 Å². The molecule has 1 atom stereocenters. The zero-order valence-electron chi connectivity index (χ0n) is 38.0. The quantitative estimate of drug-likeness (QED) is 0.0178. The molecule has 2 saturated heterocycles. The number of aliphatic carboxylic acids is 1. The van der Waals surface area contributed by atoms with E-state index >= 15 is 0 Å². The number of aliphatic imine (C=N–C) groups is 1. The number of nitrogens with two attached hydrogens (primary N) is 1. The van der Waals surface area contributed by atoms with Gasteiger partial charge in [0.2, 0.25) is 27.7 Å². The molecule has 2 fully saturated rings. The fraction of sp³-hybridized carbons (Fsp3) is 0.340. The monoisotopic (exact) mass is 1030 g/mol. The first kappa shape index (κ1) is 51.6. The number of aromatic carboxylic acids is 1. The number of piperidine rings is 2. The van der Waals surface area contributed by atoms with Crippen LogP contribution in [-0.4, -0.2) is 126 Å². The molecule has 7 rings (SSSR count). The van der Waals surface area contributed by atoms with Crippen LogP contribution in [0, 0.1) is 0 Å². The molecule has 71 heavy (non-hydrogen) atoms. The number of hydrogen-bond acceptors (Lipinski definition) is 16. The number of nitrogens with one attached hydrogen (secondary N) is 4. The number of ether oxygens (including phenoxy) is 1. The number of thiophene rings is 1. The van der Waals surface area contributed by atoms with E-state index in [9.17, 15) is 47.1 Å². The molecular weight excluding hydrogens is 982 g/mol. The summed E-state index contributed by atoms with van der Waals surface area (Å²) in [4.78, 5) is 91.7. The normalized spacial score (nSPS) is 16.8. The minimum Gasteiger partial charge on any atom is -0.479 e. The summed E-state index contributed by atoms with van der Waals surface area (Å²) >= 11 is 7.34. The number of halogens is 1. The Kier molecular flexibility index (Phi) is 16.8. The largest absolute Gasteiger partial charge is 0.479 e. The van der Waals surface area contributed by atoms with E-state index in [1.54, 1.807) is 54.6 Å². The fourth-order valence-corrected chi connectivity index (χ4v) is 11.3. The Balaban J connectivity index is 0.810. The average Bonchev–Trinajstić information content (AvgIpc) is 3.80. The van der Waals surface area contributed by atoms with Gasteiger partial charge in [0.25, 0.3) is 11.8 Å². The Bertz CT molecular complexity index is 2920. The van der Waals surface area contributed by atoms with E-state index in [1.807, 2.05) is 6.07 Å². The lowest BCUT2D eigenvalue weighted by atomic mass is 10.0. The number of carbonyl (C=O) groups is 7. The maximum atomic E-state index is 13.5. The van der Waals surface area contributed by atoms with Crippen molar-refractivity contribution >= 4 is 103 Å². The van der Waals surface area contributed by atoms with E-state index in [1.165, 1.54) is 16.6 Å². The number of benzene rings is 3. The molecule has 1 unspecified atom stereocenters. The van der Waals surface area contributed by atoms with Gasteiger partial charge in [-0.05, 0) is 79.6 Å². The van der Waals surface area contributed by atoms with E-state index in [0.29, 0.717) is 77.4 Å². The minimum atomic E-state index is -3.70. The number of anilines is 3. The number of imide groups is 2. The zero-order chi connectivity index (χ0) is 50.8. The van der Waals surface area contributed by atoms with Crippen molar-refractivity contribution in [3.63, 3.8) is 0 Å². The molecule has 0 bridgehead atoms. The lowest BCUT2D eigenvalue weighted by molar-refractivity contribution is -0.139. The van der Waals surface area contributed by atoms with Crippen LogP contribution in [0.25, 0.3) is 10.4 Å². The molecule has 3 aromatic carbocycles. The van der Waals surface area contributed by atoms with Crippen molar-refractivity contribution in [2.75, 3.05) is 48.7 Å². The number of carboxylic acids is 2. The number of hydrazone groups is 1. The zero-order valence-corrected chi connectivity index (χ0v) is 40.4. The maximum absolute atomic E-state index is 13.5. The summed E-state index contributed by atoms with van der Waals surface area (Å²) in [7, 11) is -3.70. The highest BCUT2D eigenvalue weighted by Crippen LogP contribution is 2.46. The maximum Gasteiger partial charge on any atom is 0.349 e. The van der Waals surface area contributed by atoms with Gasteiger partial charge in [0.15, 0.2) is 17.2 Å². The molecular formula is C47H50ClN9O12S2. The number of carbonyl (C=O) groups excluding carboxylic acids is 5. The van der Waals surface area contributed by atoms with E-state index in [0.717, 1.165) is 16.2 Å². The lowest BCUT2D eigenvalue weighted by Crippen LogP contribution is -2.54. The van der Waals surface area contributed by atoms with Crippen molar-refractivity contribution in [1.29, 1.82) is 0 Å². The molecule has 24 heteroatoms. The van der Waals surface area contributed by atoms with E-state index < -0.39 is 58.2 Å². The molecule has 1 aromatic heterocycles. The summed E-state index contributed by atoms with van der Waals surface area (Å²) in [5.74, 6) is -0.0867. The summed E-state index contributed by atoms with van der Waals surface area (Å²) in [5, 5.41) is 34.0. The van der Waals surface area contributed by atoms with Crippen molar-refractivity contribution in [3.8, 4) is 16.2 Å². The Morgan fingerprint density at radius 1 is 0.944 bits per heavy atom. The van der Waals surface area contributed by atoms with E-state index in [4.69, 9.17) is 27.3 Å². The number of carboxylic acid groups (broad SMARTS) is 2. The predicted molar refractivity (Wildman–Crippen MR) is 266 cm³/mol. The first-order chi connectivity index (χ1) is 34.0. The van der Waals surface area contributed by atoms with Crippen molar-refractivity contribution < 1.29 is 56.9 Å². The molecule has 4 aromatic rings. The highest BCUT2D eigenvalue weighted by molar-refractivity contribution is 7.88. The van der Waals surface area contributed by atoms with Crippen LogP contribution in [0.1, 0.15) is 87.3 Å². The Hall–Kier alpha value is -7.21. The number of sulfonamides is 1. The average molecular weight is 1030 g/mol. The third kappa shape index (κ3) is 12.8. The van der Waals surface area contributed by atoms with Crippen LogP contribution in [0.3, 0.4) is 0 Å². The van der Waals surface area contributed by atoms with Crippen LogP contribution >= 0.6 is 22.9 Å². The number of rotatable bonds is 22. The second-order valence-electron chi connectivity index (χ2n) is 16.8. The highest BCUT2D eigenvalue weighted by Gasteiger charge is 2.45. The predicted octanol–water partition coefficient (Wildman–Crippen LogP) is 5.03. The van der Waals surface area contributed by atoms with Gasteiger partial charge in [-0.3, -0.25) is 39.2 Å². The molecule has 0 spiro atoms. The molecule has 4 heterocycles. The van der Waals surface area contributed by atoms with Gasteiger partial charge in [0.05, 0.1) is 34.0 Å². The molecule has 8 N–H and O–H groups in total. The van der Waals surface area contributed by atoms with Gasteiger partial charge in [-0.15, -0.1) is 11.3 Å². The van der Waals surface area contributed by atoms with Crippen LogP contribution in [0.15, 0.2) is 76.8 Å². The van der Waals surface area contributed by atoms with Gasteiger partial charge >= 0.3 is 11.9 Å². The number of fused-ring (bicyclic) bond motifs is 1. The molecule has 21 nitrogen and oxygen atoms in total. The molecule has 0 saturated carbocycles. The summed E-state index contributed by atoms with van der Waals surface area (Å²) in [6, 6.07) is 17.4. The van der Waals surface area contributed by atoms with Crippen LogP contribution in [0.4, 0.5) is 17.1 Å². The second-order valence-corrected chi connectivity index (χ2v) is 20.2. The number of hydrogen-bond donors (Lipinski definition) is 7. The second kappa shape index (κ2) is 23.1. The van der Waals surface area contributed by atoms with Crippen LogP contribution in [0.5, 0.6) is 5.75 Å². The van der Waals surface area contributed by atoms with E-state index in [-0.39, 0.29) is 83.4 Å². The minimum absolute atomic E-state index is 0.00677. The summed E-state index contributed by atoms with van der Waals surface area (Å²) in [5.41, 5.74) is 3.26. The van der Waals surface area contributed by atoms with Gasteiger partial charge < -0.3 is 36.7 Å². The van der Waals surface area contributed by atoms with Gasteiger partial charge in [0, 0.05) is 61.8 Å². The van der Waals surface area contributed by atoms with Crippen LogP contribution in [0.2, 0.25) is 5.02 Å². The smallest absolute Gasteiger partial charge is 0.349 e. The molecule has 0 aliphatic carbocycles. The summed E-state index contributed by atoms with van der Waals surface area (Å²) in [6.45, 7) is 0.308. The third-order valence-corrected chi connectivity index (χ3v) is 15.3. The van der Waals surface area contributed by atoms with Crippen LogP contribution < -0.4 is 31.8 Å². The molecule has 3 aliphatic heterocycles. The first-order valence-electron chi connectivity index (χ1n) is 22.5. The van der Waals surface area contributed by atoms with Gasteiger partial charge in [-0.1, -0.05) is 48.4 Å². The fourth-order valence-electron chi connectivity index (χ4n) is 8.32. The first-order valence-corrected chi connectivity index (χ1v) is 25.3. The van der Waals surface area contributed by atoms with Crippen LogP contribution in [-0.2, 0) is 35.0 Å². The topological polar surface area (TPSA) is 309 Å². The standard InChI is InChI=1S/C47H50ClN9O12S2/c48-40-41(69-25-38(60)61)43(47(65)66)70-42(40)28-8-5-10-31(22-28)52-29-16-19-56(20-17-29)71(67,68)26-27-7-4-9-30(21-27)53-36(58)13-2-1-3-18-50-23-32(55-49)24-51-34-12-6-11-33-39(34)46(64)57(45(33)63)35-14-15-37(59)54-44(35)62/h4-12,21-23,29,35,51-52H,1-3,13-20,24-26,49H2,(H,53,58)(H,60,61)(H,65,66)(H,54,59,62). The van der Waals surface area contributed by atoms with Crippen molar-refractivity contribution in [2.45, 2.75) is 69.2 Å².